The van der Waals surface area contributed by atoms with Gasteiger partial charge in [-0.25, -0.2) is 0 Å². The van der Waals surface area contributed by atoms with E-state index >= 15 is 0 Å². The van der Waals surface area contributed by atoms with Crippen LogP contribution in [0.4, 0.5) is 0 Å². The topological polar surface area (TPSA) is 144 Å². The number of thioether (sulfide) groups is 1. The fourth-order valence-corrected chi connectivity index (χ4v) is 5.97. The Kier molecular flexibility index (Phi) is 8.96. The molecule has 3 heterocycles. The largest absolute Gasteiger partial charge is 0.388 e. The third-order valence-corrected chi connectivity index (χ3v) is 8.21. The minimum Gasteiger partial charge on any atom is -0.388 e. The summed E-state index contributed by atoms with van der Waals surface area (Å²) in [5.41, 5.74) is 1.96. The Morgan fingerprint density at radius 1 is 1.25 bits per heavy atom. The molecule has 196 valence electrons. The molecule has 5 N–H and O–H groups in total. The smallest absolute Gasteiger partial charge is 0.240 e. The zero-order valence-corrected chi connectivity index (χ0v) is 21.7. The number of aliphatic hydroxyl groups is 3. The van der Waals surface area contributed by atoms with Gasteiger partial charge in [0.05, 0.1) is 35.8 Å². The molecule has 10 atom stereocenters. The summed E-state index contributed by atoms with van der Waals surface area (Å²) in [6.45, 7) is 2.66. The van der Waals surface area contributed by atoms with Crippen molar-refractivity contribution in [3.63, 3.8) is 0 Å². The van der Waals surface area contributed by atoms with Crippen LogP contribution in [-0.4, -0.2) is 94.1 Å². The molecule has 1 aromatic carbocycles. The number of hydrogen-bond acceptors (Lipinski definition) is 9. The first-order valence-electron chi connectivity index (χ1n) is 12.0. The summed E-state index contributed by atoms with van der Waals surface area (Å²) >= 11 is 7.60. The number of rotatable bonds is 6. The van der Waals surface area contributed by atoms with Gasteiger partial charge in [-0.2, -0.15) is 5.26 Å². The van der Waals surface area contributed by atoms with Crippen molar-refractivity contribution in [3.05, 3.63) is 41.5 Å². The Labute approximate surface area is 219 Å². The highest BCUT2D eigenvalue weighted by Gasteiger charge is 2.49. The average Bonchev–Trinajstić information content (AvgIpc) is 3.16. The number of amides is 1. The molecule has 2 saturated heterocycles. The van der Waals surface area contributed by atoms with Gasteiger partial charge in [-0.05, 0) is 42.9 Å². The Hall–Kier alpha value is -1.68. The van der Waals surface area contributed by atoms with Gasteiger partial charge in [-0.15, -0.1) is 23.4 Å². The van der Waals surface area contributed by atoms with Gasteiger partial charge in [0.25, 0.3) is 0 Å². The summed E-state index contributed by atoms with van der Waals surface area (Å²) in [4.78, 5) is 13.4. The van der Waals surface area contributed by atoms with E-state index in [9.17, 15) is 20.1 Å². The van der Waals surface area contributed by atoms with Crippen molar-refractivity contribution >= 4 is 34.8 Å². The minimum absolute atomic E-state index is 0.0323. The quantitative estimate of drug-likeness (QED) is 0.329. The van der Waals surface area contributed by atoms with Gasteiger partial charge in [0.15, 0.2) is 0 Å². The molecule has 9 nitrogen and oxygen atoms in total. The van der Waals surface area contributed by atoms with Crippen LogP contribution in [0, 0.1) is 17.2 Å². The molecule has 3 aliphatic heterocycles. The van der Waals surface area contributed by atoms with Crippen molar-refractivity contribution in [1.29, 1.82) is 5.26 Å². The zero-order valence-electron chi connectivity index (χ0n) is 20.1. The molecule has 3 aliphatic rings. The van der Waals surface area contributed by atoms with Gasteiger partial charge in [0, 0.05) is 12.5 Å². The van der Waals surface area contributed by atoms with E-state index in [0.717, 1.165) is 11.1 Å². The van der Waals surface area contributed by atoms with Crippen LogP contribution in [0.5, 0.6) is 0 Å². The Bertz CT molecular complexity index is 1000. The number of hydrogen-bond donors (Lipinski definition) is 5. The van der Waals surface area contributed by atoms with Gasteiger partial charge in [-0.3, -0.25) is 4.79 Å². The maximum atomic E-state index is 13.4. The molecule has 0 aromatic heterocycles. The number of alkyl halides is 1. The van der Waals surface area contributed by atoms with E-state index in [2.05, 4.69) is 22.8 Å². The number of ether oxygens (including phenoxy) is 2. The van der Waals surface area contributed by atoms with E-state index in [1.807, 2.05) is 12.1 Å². The van der Waals surface area contributed by atoms with E-state index in [1.165, 1.54) is 11.8 Å². The molecule has 1 amide bonds. The molecule has 0 spiro atoms. The highest BCUT2D eigenvalue weighted by Crippen LogP contribution is 2.32. The molecule has 36 heavy (non-hydrogen) atoms. The summed E-state index contributed by atoms with van der Waals surface area (Å²) in [7, 11) is 0. The van der Waals surface area contributed by atoms with Crippen LogP contribution < -0.4 is 10.6 Å². The number of nitrogens with one attached hydrogen (secondary N) is 2. The molecule has 0 aliphatic carbocycles. The Morgan fingerprint density at radius 2 is 1.97 bits per heavy atom. The van der Waals surface area contributed by atoms with E-state index < -0.39 is 53.4 Å². The van der Waals surface area contributed by atoms with Crippen LogP contribution in [0.15, 0.2) is 30.3 Å². The molecule has 5 unspecified atom stereocenters. The number of aliphatic hydroxyl groups excluding tert-OH is 3. The minimum atomic E-state index is -1.43. The summed E-state index contributed by atoms with van der Waals surface area (Å²) in [5, 5.41) is 45.6. The maximum Gasteiger partial charge on any atom is 0.240 e. The molecular formula is C25H32ClN3O6S. The molecule has 0 saturated carbocycles. The zero-order chi connectivity index (χ0) is 26.0. The second-order valence-corrected chi connectivity index (χ2v) is 11.0. The van der Waals surface area contributed by atoms with Gasteiger partial charge in [-0.1, -0.05) is 18.2 Å². The summed E-state index contributed by atoms with van der Waals surface area (Å²) in [5.74, 6) is -0.373. The number of benzene rings is 1. The third-order valence-electron chi connectivity index (χ3n) is 7.08. The predicted molar refractivity (Wildman–Crippen MR) is 136 cm³/mol. The molecule has 11 heteroatoms. The average molecular weight is 538 g/mol. The van der Waals surface area contributed by atoms with Crippen LogP contribution in [0.1, 0.15) is 24.5 Å². The lowest BCUT2D eigenvalue weighted by Gasteiger charge is -2.44. The van der Waals surface area contributed by atoms with Crippen LogP contribution in [0.2, 0.25) is 0 Å². The van der Waals surface area contributed by atoms with Crippen molar-refractivity contribution in [3.8, 4) is 6.07 Å². The highest BCUT2D eigenvalue weighted by molar-refractivity contribution is 7.99. The van der Waals surface area contributed by atoms with Gasteiger partial charge in [0.2, 0.25) is 5.91 Å². The van der Waals surface area contributed by atoms with Crippen LogP contribution >= 0.6 is 23.4 Å². The van der Waals surface area contributed by atoms with Crippen molar-refractivity contribution in [1.82, 2.24) is 10.6 Å². The van der Waals surface area contributed by atoms with E-state index in [4.69, 9.17) is 26.3 Å². The van der Waals surface area contributed by atoms with Crippen molar-refractivity contribution in [2.45, 2.75) is 66.8 Å². The van der Waals surface area contributed by atoms with Crippen LogP contribution in [0.3, 0.4) is 0 Å². The van der Waals surface area contributed by atoms with Crippen molar-refractivity contribution < 1.29 is 29.6 Å². The standard InChI is InChI=1S/C25H32ClN3O6S/c1-12(26)17(23-20(31)19(30)21(32)25(35-23)36-2)29-24(33)18-22-16(11-28-18)9-15(7-8-34-22)14-5-3-13(10-27)4-6-14/h3-6,9,12,16-23,25,28,30-32H,7-8,11H2,1-2H3,(H,29,33)/t12?,16?,17-,18+,19?,20?,21-,22-,23-,25?/m1/s1. The molecule has 2 fully saturated rings. The Balaban J connectivity index is 1.47. The normalized spacial score (nSPS) is 36.1. The van der Waals surface area contributed by atoms with Crippen LogP contribution in [-0.2, 0) is 14.3 Å². The molecule has 4 rings (SSSR count). The Morgan fingerprint density at radius 3 is 2.61 bits per heavy atom. The number of halogens is 1. The van der Waals surface area contributed by atoms with E-state index in [0.29, 0.717) is 25.1 Å². The lowest BCUT2D eigenvalue weighted by molar-refractivity contribution is -0.205. The first kappa shape index (κ1) is 27.4. The molecule has 0 bridgehead atoms. The summed E-state index contributed by atoms with van der Waals surface area (Å²) in [6.07, 6.45) is -0.973. The second-order valence-electron chi connectivity index (χ2n) is 9.40. The number of fused-ring (bicyclic) bond motifs is 1. The van der Waals surface area contributed by atoms with Crippen molar-refractivity contribution in [2.75, 3.05) is 19.4 Å². The van der Waals surface area contributed by atoms with Gasteiger partial charge in [0.1, 0.15) is 35.9 Å². The van der Waals surface area contributed by atoms with E-state index in [1.54, 1.807) is 25.3 Å². The summed E-state index contributed by atoms with van der Waals surface area (Å²) in [6, 6.07) is 8.09. The highest BCUT2D eigenvalue weighted by atomic mass is 35.5. The monoisotopic (exact) mass is 537 g/mol. The maximum absolute atomic E-state index is 13.4. The van der Waals surface area contributed by atoms with Gasteiger partial charge < -0.3 is 35.4 Å². The first-order chi connectivity index (χ1) is 17.2. The lowest BCUT2D eigenvalue weighted by atomic mass is 9.92. The lowest BCUT2D eigenvalue weighted by Crippen LogP contribution is -2.65. The van der Waals surface area contributed by atoms with E-state index in [-0.39, 0.29) is 11.8 Å². The number of carbonyl (C=O) groups excluding carboxylic acids is 1. The van der Waals surface area contributed by atoms with Gasteiger partial charge >= 0.3 is 0 Å². The number of nitriles is 1. The molecule has 1 aromatic rings. The third kappa shape index (κ3) is 5.59. The second kappa shape index (κ2) is 11.8. The molecular weight excluding hydrogens is 506 g/mol. The number of carbonyl (C=O) groups is 1. The summed E-state index contributed by atoms with van der Waals surface area (Å²) < 4.78 is 12.0. The number of nitrogens with zero attached hydrogens (tertiary/aromatic N) is 1. The molecule has 0 radical (unpaired) electrons. The first-order valence-corrected chi connectivity index (χ1v) is 13.7. The SMILES string of the molecule is CSC1O[C@H]([C@H](NC(=O)[C@H]2NCC3C=C(c4ccc(C#N)cc4)CCO[C@H]32)C(C)Cl)C(O)C(O)[C@H]1O. The fourth-order valence-electron chi connectivity index (χ4n) is 5.08. The fraction of sp³-hybridized carbons (Fsp3) is 0.600. The predicted octanol–water partition coefficient (Wildman–Crippen LogP) is 0.601. The van der Waals surface area contributed by atoms with Crippen LogP contribution in [0.25, 0.3) is 5.57 Å². The van der Waals surface area contributed by atoms with Crippen molar-refractivity contribution in [2.24, 2.45) is 5.92 Å².